The van der Waals surface area contributed by atoms with Crippen LogP contribution >= 0.6 is 0 Å². The second-order valence-corrected chi connectivity index (χ2v) is 5.22. The third kappa shape index (κ3) is 2.72. The van der Waals surface area contributed by atoms with Crippen LogP contribution in [-0.4, -0.2) is 24.2 Å². The van der Waals surface area contributed by atoms with E-state index in [1.54, 1.807) is 12.3 Å². The Morgan fingerprint density at radius 1 is 0.955 bits per heavy atom. The van der Waals surface area contributed by atoms with E-state index in [0.29, 0.717) is 5.52 Å². The van der Waals surface area contributed by atoms with E-state index in [0.717, 1.165) is 22.2 Å². The van der Waals surface area contributed by atoms with Crippen LogP contribution in [0.1, 0.15) is 11.1 Å². The molecule has 0 radical (unpaired) electrons. The van der Waals surface area contributed by atoms with Crippen LogP contribution in [-0.2, 0) is 0 Å². The first-order valence-electron chi connectivity index (χ1n) is 7.01. The maximum Gasteiger partial charge on any atom is 0.141 e. The molecule has 0 spiro atoms. The summed E-state index contributed by atoms with van der Waals surface area (Å²) in [4.78, 5) is 6.26. The number of benzene rings is 2. The van der Waals surface area contributed by atoms with Crippen molar-refractivity contribution in [2.45, 2.75) is 0 Å². The maximum atomic E-state index is 9.85. The molecule has 0 saturated carbocycles. The van der Waals surface area contributed by atoms with Crippen LogP contribution in [0.5, 0.6) is 5.75 Å². The lowest BCUT2D eigenvalue weighted by atomic mass is 10.1. The second kappa shape index (κ2) is 5.79. The van der Waals surface area contributed by atoms with Crippen molar-refractivity contribution in [2.24, 2.45) is 0 Å². The molecule has 22 heavy (non-hydrogen) atoms. The van der Waals surface area contributed by atoms with E-state index in [9.17, 15) is 5.11 Å². The van der Waals surface area contributed by atoms with Gasteiger partial charge >= 0.3 is 0 Å². The highest BCUT2D eigenvalue weighted by Gasteiger charge is 2.03. The fraction of sp³-hybridized carbons (Fsp3) is 0.105. The van der Waals surface area contributed by atoms with Gasteiger partial charge in [0.15, 0.2) is 0 Å². The summed E-state index contributed by atoms with van der Waals surface area (Å²) in [6, 6.07) is 15.3. The summed E-state index contributed by atoms with van der Waals surface area (Å²) in [5, 5.41) is 10.7. The predicted octanol–water partition coefficient (Wildman–Crippen LogP) is 3.41. The lowest BCUT2D eigenvalue weighted by Crippen LogP contribution is -2.07. The van der Waals surface area contributed by atoms with Crippen LogP contribution in [0.2, 0.25) is 0 Å². The van der Waals surface area contributed by atoms with Gasteiger partial charge in [0.25, 0.3) is 0 Å². The molecule has 0 bridgehead atoms. The second-order valence-electron chi connectivity index (χ2n) is 5.22. The Balaban J connectivity index is 1.99. The number of aromatic nitrogens is 1. The van der Waals surface area contributed by atoms with Crippen molar-refractivity contribution in [1.82, 2.24) is 4.98 Å². The summed E-state index contributed by atoms with van der Waals surface area (Å²) in [7, 11) is 4.02. The smallest absolute Gasteiger partial charge is 0.141 e. The Hall–Kier alpha value is -2.99. The van der Waals surface area contributed by atoms with Gasteiger partial charge in [-0.3, -0.25) is 4.98 Å². The van der Waals surface area contributed by atoms with Crippen molar-refractivity contribution in [3.05, 3.63) is 65.9 Å². The first-order valence-corrected chi connectivity index (χ1v) is 7.01. The first-order chi connectivity index (χ1) is 10.6. The predicted molar refractivity (Wildman–Crippen MR) is 90.2 cm³/mol. The molecule has 3 heteroatoms. The molecular formula is C19H16N2O. The van der Waals surface area contributed by atoms with Crippen molar-refractivity contribution in [3.8, 4) is 17.6 Å². The van der Waals surface area contributed by atoms with Crippen molar-refractivity contribution < 1.29 is 5.11 Å². The normalized spacial score (nSPS) is 10.1. The van der Waals surface area contributed by atoms with Crippen LogP contribution in [0, 0.1) is 11.8 Å². The van der Waals surface area contributed by atoms with Crippen LogP contribution in [0.4, 0.5) is 5.69 Å². The largest absolute Gasteiger partial charge is 0.506 e. The van der Waals surface area contributed by atoms with Gasteiger partial charge in [-0.1, -0.05) is 11.8 Å². The summed E-state index contributed by atoms with van der Waals surface area (Å²) < 4.78 is 0. The Kier molecular flexibility index (Phi) is 3.67. The molecule has 0 aliphatic rings. The minimum Gasteiger partial charge on any atom is -0.506 e. The number of hydrogen-bond acceptors (Lipinski definition) is 3. The fourth-order valence-electron chi connectivity index (χ4n) is 2.25. The van der Waals surface area contributed by atoms with Gasteiger partial charge in [0.2, 0.25) is 0 Å². The van der Waals surface area contributed by atoms with E-state index in [-0.39, 0.29) is 5.75 Å². The van der Waals surface area contributed by atoms with Crippen LogP contribution in [0.3, 0.4) is 0 Å². The topological polar surface area (TPSA) is 36.4 Å². The molecule has 108 valence electrons. The van der Waals surface area contributed by atoms with Gasteiger partial charge in [0, 0.05) is 42.5 Å². The summed E-state index contributed by atoms with van der Waals surface area (Å²) >= 11 is 0. The number of phenols is 1. The number of fused-ring (bicyclic) bond motifs is 1. The van der Waals surface area contributed by atoms with Gasteiger partial charge in [0.1, 0.15) is 11.3 Å². The number of aromatic hydroxyl groups is 1. The molecule has 1 N–H and O–H groups in total. The number of hydrogen-bond donors (Lipinski definition) is 1. The molecule has 0 atom stereocenters. The summed E-state index contributed by atoms with van der Waals surface area (Å²) in [5.74, 6) is 6.50. The number of phenolic OH excluding ortho intramolecular Hbond substituents is 1. The highest BCUT2D eigenvalue weighted by molar-refractivity contribution is 5.89. The molecule has 0 unspecified atom stereocenters. The third-order valence-electron chi connectivity index (χ3n) is 3.47. The lowest BCUT2D eigenvalue weighted by molar-refractivity contribution is 0.480. The molecule has 0 saturated heterocycles. The molecular weight excluding hydrogens is 272 g/mol. The molecule has 3 nitrogen and oxygen atoms in total. The molecule has 0 fully saturated rings. The number of nitrogens with zero attached hydrogens (tertiary/aromatic N) is 2. The zero-order valence-corrected chi connectivity index (χ0v) is 12.5. The third-order valence-corrected chi connectivity index (χ3v) is 3.47. The number of anilines is 1. The Morgan fingerprint density at radius 2 is 1.73 bits per heavy atom. The van der Waals surface area contributed by atoms with Crippen LogP contribution in [0.25, 0.3) is 10.9 Å². The quantitative estimate of drug-likeness (QED) is 0.697. The maximum absolute atomic E-state index is 9.85. The zero-order valence-electron chi connectivity index (χ0n) is 12.5. The molecule has 3 rings (SSSR count). The minimum absolute atomic E-state index is 0.177. The van der Waals surface area contributed by atoms with Gasteiger partial charge in [-0.05, 0) is 48.5 Å². The number of pyridine rings is 1. The van der Waals surface area contributed by atoms with Gasteiger partial charge in [-0.2, -0.15) is 0 Å². The lowest BCUT2D eigenvalue weighted by Gasteiger charge is -2.11. The van der Waals surface area contributed by atoms with Crippen LogP contribution in [0.15, 0.2) is 54.7 Å². The van der Waals surface area contributed by atoms with Gasteiger partial charge in [-0.25, -0.2) is 0 Å². The van der Waals surface area contributed by atoms with Gasteiger partial charge in [0.05, 0.1) is 0 Å². The summed E-state index contributed by atoms with van der Waals surface area (Å²) in [5.41, 5.74) is 3.54. The molecule has 0 aliphatic carbocycles. The van der Waals surface area contributed by atoms with E-state index >= 15 is 0 Å². The zero-order chi connectivity index (χ0) is 15.5. The standard InChI is InChI=1S/C19H16N2O/c1-21(2)16-10-6-14(7-11-16)5-8-15-9-12-18(22)19-17(15)4-3-13-20-19/h3-4,6-7,9-13,22H,1-2H3. The Labute approximate surface area is 129 Å². The summed E-state index contributed by atoms with van der Waals surface area (Å²) in [6.07, 6.45) is 1.67. The summed E-state index contributed by atoms with van der Waals surface area (Å²) in [6.45, 7) is 0. The molecule has 0 amide bonds. The molecule has 1 heterocycles. The first kappa shape index (κ1) is 14.0. The SMILES string of the molecule is CN(C)c1ccc(C#Cc2ccc(O)c3ncccc23)cc1. The average molecular weight is 288 g/mol. The van der Waals surface area contributed by atoms with Crippen molar-refractivity contribution in [2.75, 3.05) is 19.0 Å². The molecule has 3 aromatic rings. The van der Waals surface area contributed by atoms with Gasteiger partial charge < -0.3 is 10.0 Å². The van der Waals surface area contributed by atoms with Crippen molar-refractivity contribution >= 4 is 16.6 Å². The van der Waals surface area contributed by atoms with Crippen molar-refractivity contribution in [1.29, 1.82) is 0 Å². The minimum atomic E-state index is 0.177. The van der Waals surface area contributed by atoms with Gasteiger partial charge in [-0.15, -0.1) is 0 Å². The highest BCUT2D eigenvalue weighted by atomic mass is 16.3. The van der Waals surface area contributed by atoms with E-state index in [4.69, 9.17) is 0 Å². The van der Waals surface area contributed by atoms with Crippen molar-refractivity contribution in [3.63, 3.8) is 0 Å². The number of rotatable bonds is 1. The molecule has 0 aliphatic heterocycles. The van der Waals surface area contributed by atoms with Crippen LogP contribution < -0.4 is 4.90 Å². The van der Waals surface area contributed by atoms with E-state index in [2.05, 4.69) is 21.7 Å². The molecule has 2 aromatic carbocycles. The van der Waals surface area contributed by atoms with E-state index in [1.807, 2.05) is 56.6 Å². The van der Waals surface area contributed by atoms with E-state index in [1.165, 1.54) is 0 Å². The fourth-order valence-corrected chi connectivity index (χ4v) is 2.25. The Bertz CT molecular complexity index is 871. The Morgan fingerprint density at radius 3 is 2.45 bits per heavy atom. The average Bonchev–Trinajstić information content (AvgIpc) is 2.55. The molecule has 1 aromatic heterocycles. The highest BCUT2D eigenvalue weighted by Crippen LogP contribution is 2.24. The van der Waals surface area contributed by atoms with E-state index < -0.39 is 0 Å². The monoisotopic (exact) mass is 288 g/mol.